The molecule has 134 valence electrons. The first-order valence-electron chi connectivity index (χ1n) is 8.25. The van der Waals surface area contributed by atoms with E-state index in [0.717, 1.165) is 28.5 Å². The Morgan fingerprint density at radius 2 is 1.73 bits per heavy atom. The number of nitrogens with zero attached hydrogens (tertiary/aromatic N) is 2. The first-order chi connectivity index (χ1) is 12.4. The summed E-state index contributed by atoms with van der Waals surface area (Å²) < 4.78 is 5.17. The third-order valence-corrected chi connectivity index (χ3v) is 4.20. The molecule has 3 aromatic rings. The zero-order valence-corrected chi connectivity index (χ0v) is 16.0. The van der Waals surface area contributed by atoms with E-state index < -0.39 is 0 Å². The Labute approximate surface area is 158 Å². The van der Waals surface area contributed by atoms with Gasteiger partial charge in [0.15, 0.2) is 0 Å². The summed E-state index contributed by atoms with van der Waals surface area (Å²) in [7, 11) is 1.59. The van der Waals surface area contributed by atoms with Crippen LogP contribution in [0, 0.1) is 20.8 Å². The van der Waals surface area contributed by atoms with E-state index in [0.29, 0.717) is 16.7 Å². The lowest BCUT2D eigenvalue weighted by atomic mass is 10.1. The molecule has 0 unspecified atom stereocenters. The zero-order valence-electron chi connectivity index (χ0n) is 15.2. The van der Waals surface area contributed by atoms with Crippen molar-refractivity contribution in [2.45, 2.75) is 20.8 Å². The van der Waals surface area contributed by atoms with Crippen LogP contribution in [-0.2, 0) is 0 Å². The molecule has 0 fully saturated rings. The van der Waals surface area contributed by atoms with Crippen molar-refractivity contribution in [3.05, 3.63) is 64.3 Å². The van der Waals surface area contributed by atoms with Gasteiger partial charge in [-0.05, 0) is 50.6 Å². The number of aromatic nitrogens is 2. The molecule has 0 atom stereocenters. The van der Waals surface area contributed by atoms with Gasteiger partial charge < -0.3 is 15.4 Å². The van der Waals surface area contributed by atoms with Crippen LogP contribution in [0.3, 0.4) is 0 Å². The van der Waals surface area contributed by atoms with Crippen molar-refractivity contribution in [2.24, 2.45) is 0 Å². The Kier molecular flexibility index (Phi) is 5.28. The van der Waals surface area contributed by atoms with Gasteiger partial charge in [0, 0.05) is 23.1 Å². The molecular formula is C20H21ClN4O. The largest absolute Gasteiger partial charge is 0.495 e. The molecule has 0 saturated heterocycles. The van der Waals surface area contributed by atoms with E-state index in [1.165, 1.54) is 5.56 Å². The Hall–Kier alpha value is -2.79. The number of hydrogen-bond acceptors (Lipinski definition) is 5. The predicted octanol–water partition coefficient (Wildman–Crippen LogP) is 5.55. The molecule has 0 saturated carbocycles. The highest BCUT2D eigenvalue weighted by Gasteiger charge is 2.07. The van der Waals surface area contributed by atoms with Gasteiger partial charge in [-0.15, -0.1) is 0 Å². The van der Waals surface area contributed by atoms with Crippen molar-refractivity contribution in [2.75, 3.05) is 17.7 Å². The molecule has 26 heavy (non-hydrogen) atoms. The maximum Gasteiger partial charge on any atom is 0.229 e. The number of rotatable bonds is 5. The summed E-state index contributed by atoms with van der Waals surface area (Å²) in [6, 6.07) is 13.6. The van der Waals surface area contributed by atoms with E-state index >= 15 is 0 Å². The maximum atomic E-state index is 6.18. The van der Waals surface area contributed by atoms with Crippen LogP contribution in [0.5, 0.6) is 5.75 Å². The lowest BCUT2D eigenvalue weighted by Crippen LogP contribution is -2.03. The highest BCUT2D eigenvalue weighted by Crippen LogP contribution is 2.29. The van der Waals surface area contributed by atoms with Crippen LogP contribution in [0.2, 0.25) is 5.02 Å². The minimum Gasteiger partial charge on any atom is -0.495 e. The van der Waals surface area contributed by atoms with Gasteiger partial charge in [0.25, 0.3) is 0 Å². The molecule has 1 heterocycles. The van der Waals surface area contributed by atoms with Crippen LogP contribution >= 0.6 is 11.6 Å². The fourth-order valence-corrected chi connectivity index (χ4v) is 2.91. The van der Waals surface area contributed by atoms with E-state index in [1.54, 1.807) is 19.2 Å². The SMILES string of the molecule is COc1ccc(Nc2nc(C)cc(Nc3ccc(C)cc3C)n2)cc1Cl. The van der Waals surface area contributed by atoms with Gasteiger partial charge in [-0.25, -0.2) is 4.98 Å². The summed E-state index contributed by atoms with van der Waals surface area (Å²) >= 11 is 6.18. The number of nitrogens with one attached hydrogen (secondary N) is 2. The molecule has 0 aliphatic heterocycles. The highest BCUT2D eigenvalue weighted by atomic mass is 35.5. The number of aryl methyl sites for hydroxylation is 3. The molecule has 0 radical (unpaired) electrons. The number of methoxy groups -OCH3 is 1. The first kappa shape index (κ1) is 18.0. The third-order valence-electron chi connectivity index (χ3n) is 3.91. The normalized spacial score (nSPS) is 10.5. The van der Waals surface area contributed by atoms with Gasteiger partial charge in [-0.2, -0.15) is 4.98 Å². The molecule has 0 bridgehead atoms. The molecule has 1 aromatic heterocycles. The monoisotopic (exact) mass is 368 g/mol. The van der Waals surface area contributed by atoms with Crippen molar-refractivity contribution in [1.82, 2.24) is 9.97 Å². The molecule has 0 aliphatic carbocycles. The fraction of sp³-hybridized carbons (Fsp3) is 0.200. The summed E-state index contributed by atoms with van der Waals surface area (Å²) in [6.07, 6.45) is 0. The Bertz CT molecular complexity index is 943. The molecule has 0 aliphatic rings. The number of benzene rings is 2. The average molecular weight is 369 g/mol. The van der Waals surface area contributed by atoms with Gasteiger partial charge in [-0.3, -0.25) is 0 Å². The minimum absolute atomic E-state index is 0.499. The van der Waals surface area contributed by atoms with Crippen molar-refractivity contribution >= 4 is 34.7 Å². The van der Waals surface area contributed by atoms with Crippen LogP contribution in [0.15, 0.2) is 42.5 Å². The van der Waals surface area contributed by atoms with E-state index in [4.69, 9.17) is 16.3 Å². The van der Waals surface area contributed by atoms with Crippen LogP contribution in [-0.4, -0.2) is 17.1 Å². The molecule has 3 rings (SSSR count). The van der Waals surface area contributed by atoms with Gasteiger partial charge in [0.1, 0.15) is 11.6 Å². The molecule has 2 N–H and O–H groups in total. The van der Waals surface area contributed by atoms with Crippen molar-refractivity contribution in [3.63, 3.8) is 0 Å². The fourth-order valence-electron chi connectivity index (χ4n) is 2.65. The minimum atomic E-state index is 0.499. The lowest BCUT2D eigenvalue weighted by Gasteiger charge is -2.12. The molecule has 6 heteroatoms. The first-order valence-corrected chi connectivity index (χ1v) is 8.63. The highest BCUT2D eigenvalue weighted by molar-refractivity contribution is 6.32. The van der Waals surface area contributed by atoms with Gasteiger partial charge in [-0.1, -0.05) is 29.3 Å². The average Bonchev–Trinajstić information content (AvgIpc) is 2.57. The second-order valence-corrected chi connectivity index (χ2v) is 6.54. The van der Waals surface area contributed by atoms with Gasteiger partial charge in [0.2, 0.25) is 5.95 Å². The summed E-state index contributed by atoms with van der Waals surface area (Å²) in [4.78, 5) is 9.00. The van der Waals surface area contributed by atoms with E-state index in [1.807, 2.05) is 19.1 Å². The number of ether oxygens (including phenoxy) is 1. The van der Waals surface area contributed by atoms with Crippen LogP contribution in [0.4, 0.5) is 23.1 Å². The summed E-state index contributed by atoms with van der Waals surface area (Å²) in [6.45, 7) is 6.08. The van der Waals surface area contributed by atoms with E-state index in [-0.39, 0.29) is 0 Å². The summed E-state index contributed by atoms with van der Waals surface area (Å²) in [5.41, 5.74) is 5.06. The Morgan fingerprint density at radius 3 is 2.42 bits per heavy atom. The molecule has 5 nitrogen and oxygen atoms in total. The third kappa shape index (κ3) is 4.24. The number of hydrogen-bond donors (Lipinski definition) is 2. The summed E-state index contributed by atoms with van der Waals surface area (Å²) in [5, 5.41) is 7.07. The van der Waals surface area contributed by atoms with E-state index in [2.05, 4.69) is 52.6 Å². The van der Waals surface area contributed by atoms with Crippen molar-refractivity contribution in [3.8, 4) is 5.75 Å². The topological polar surface area (TPSA) is 59.1 Å². The quantitative estimate of drug-likeness (QED) is 0.618. The van der Waals surface area contributed by atoms with Crippen molar-refractivity contribution in [1.29, 1.82) is 0 Å². The van der Waals surface area contributed by atoms with Gasteiger partial charge in [0.05, 0.1) is 12.1 Å². The smallest absolute Gasteiger partial charge is 0.229 e. The van der Waals surface area contributed by atoms with E-state index in [9.17, 15) is 0 Å². The van der Waals surface area contributed by atoms with Crippen LogP contribution in [0.25, 0.3) is 0 Å². The summed E-state index contributed by atoms with van der Waals surface area (Å²) in [5.74, 6) is 1.85. The predicted molar refractivity (Wildman–Crippen MR) is 107 cm³/mol. The van der Waals surface area contributed by atoms with Crippen LogP contribution in [0.1, 0.15) is 16.8 Å². The van der Waals surface area contributed by atoms with Gasteiger partial charge >= 0.3 is 0 Å². The lowest BCUT2D eigenvalue weighted by molar-refractivity contribution is 0.415. The molecule has 0 amide bonds. The second kappa shape index (κ2) is 7.62. The van der Waals surface area contributed by atoms with Crippen molar-refractivity contribution < 1.29 is 4.74 Å². The Morgan fingerprint density at radius 1 is 0.923 bits per heavy atom. The second-order valence-electron chi connectivity index (χ2n) is 6.14. The Balaban J connectivity index is 1.84. The molecular weight excluding hydrogens is 348 g/mol. The number of anilines is 4. The maximum absolute atomic E-state index is 6.18. The van der Waals surface area contributed by atoms with Crippen LogP contribution < -0.4 is 15.4 Å². The molecule has 2 aromatic carbocycles. The standard InChI is InChI=1S/C20H21ClN4O/c1-12-5-7-17(13(2)9-12)24-19-10-14(3)22-20(25-19)23-15-6-8-18(26-4)16(21)11-15/h5-11H,1-4H3,(H2,22,23,24,25). The molecule has 0 spiro atoms. The number of halogens is 1. The zero-order chi connectivity index (χ0) is 18.7.